The standard InChI is InChI=1S/C15H28N2O/c1-5-15(3,4)16-14(18)10-17(13-8-9-13)11(2)12-6-7-12/h11-13H,5-10H2,1-4H3,(H,16,18). The summed E-state index contributed by atoms with van der Waals surface area (Å²) in [6, 6.07) is 1.27. The molecule has 0 spiro atoms. The van der Waals surface area contributed by atoms with E-state index in [2.05, 4.69) is 37.9 Å². The molecule has 2 aliphatic rings. The van der Waals surface area contributed by atoms with Crippen molar-refractivity contribution in [3.05, 3.63) is 0 Å². The predicted molar refractivity (Wildman–Crippen MR) is 74.4 cm³/mol. The first kappa shape index (κ1) is 13.9. The van der Waals surface area contributed by atoms with Crippen molar-refractivity contribution in [2.24, 2.45) is 5.92 Å². The highest BCUT2D eigenvalue weighted by Gasteiger charge is 2.40. The molecule has 0 aromatic rings. The van der Waals surface area contributed by atoms with Gasteiger partial charge in [-0.05, 0) is 58.8 Å². The third-order valence-corrected chi connectivity index (χ3v) is 4.53. The van der Waals surface area contributed by atoms with E-state index < -0.39 is 0 Å². The summed E-state index contributed by atoms with van der Waals surface area (Å²) in [7, 11) is 0. The Hall–Kier alpha value is -0.570. The summed E-state index contributed by atoms with van der Waals surface area (Å²) in [6.45, 7) is 9.19. The molecule has 2 aliphatic carbocycles. The van der Waals surface area contributed by atoms with Gasteiger partial charge in [0, 0.05) is 17.6 Å². The number of hydrogen-bond donors (Lipinski definition) is 1. The van der Waals surface area contributed by atoms with E-state index >= 15 is 0 Å². The lowest BCUT2D eigenvalue weighted by atomic mass is 10.0. The van der Waals surface area contributed by atoms with E-state index in [-0.39, 0.29) is 11.4 Å². The number of carbonyl (C=O) groups is 1. The summed E-state index contributed by atoms with van der Waals surface area (Å²) in [4.78, 5) is 14.6. The molecular weight excluding hydrogens is 224 g/mol. The lowest BCUT2D eigenvalue weighted by Crippen LogP contribution is -2.50. The summed E-state index contributed by atoms with van der Waals surface area (Å²) in [5, 5.41) is 3.15. The van der Waals surface area contributed by atoms with Gasteiger partial charge in [-0.15, -0.1) is 0 Å². The number of nitrogens with zero attached hydrogens (tertiary/aromatic N) is 1. The van der Waals surface area contributed by atoms with E-state index in [9.17, 15) is 4.79 Å². The second-order valence-corrected chi connectivity index (χ2v) is 6.77. The first-order valence-corrected chi connectivity index (χ1v) is 7.49. The quantitative estimate of drug-likeness (QED) is 0.755. The van der Waals surface area contributed by atoms with Crippen LogP contribution in [0.5, 0.6) is 0 Å². The van der Waals surface area contributed by atoms with Gasteiger partial charge in [-0.3, -0.25) is 9.69 Å². The summed E-state index contributed by atoms with van der Waals surface area (Å²) in [5.74, 6) is 1.04. The minimum Gasteiger partial charge on any atom is -0.350 e. The molecule has 0 aliphatic heterocycles. The molecule has 104 valence electrons. The van der Waals surface area contributed by atoms with Gasteiger partial charge in [-0.1, -0.05) is 6.92 Å². The van der Waals surface area contributed by atoms with Crippen molar-refractivity contribution in [3.8, 4) is 0 Å². The van der Waals surface area contributed by atoms with Gasteiger partial charge in [0.1, 0.15) is 0 Å². The minimum absolute atomic E-state index is 0.0743. The Bertz CT molecular complexity index is 306. The molecule has 0 saturated heterocycles. The van der Waals surface area contributed by atoms with Crippen LogP contribution in [0.1, 0.15) is 59.8 Å². The molecule has 1 amide bonds. The fraction of sp³-hybridized carbons (Fsp3) is 0.933. The van der Waals surface area contributed by atoms with E-state index in [0.29, 0.717) is 18.6 Å². The van der Waals surface area contributed by atoms with Gasteiger partial charge in [0.2, 0.25) is 5.91 Å². The van der Waals surface area contributed by atoms with Crippen LogP contribution in [-0.2, 0) is 4.79 Å². The van der Waals surface area contributed by atoms with Crippen molar-refractivity contribution >= 4 is 5.91 Å². The van der Waals surface area contributed by atoms with Gasteiger partial charge in [0.05, 0.1) is 6.54 Å². The summed E-state index contributed by atoms with van der Waals surface area (Å²) < 4.78 is 0. The van der Waals surface area contributed by atoms with Gasteiger partial charge in [-0.25, -0.2) is 0 Å². The third kappa shape index (κ3) is 3.71. The molecule has 0 aromatic heterocycles. The Kier molecular flexibility index (Phi) is 4.00. The maximum Gasteiger partial charge on any atom is 0.234 e. The molecule has 2 rings (SSSR count). The fourth-order valence-corrected chi connectivity index (χ4v) is 2.53. The number of carbonyl (C=O) groups excluding carboxylic acids is 1. The molecule has 0 radical (unpaired) electrons. The fourth-order valence-electron chi connectivity index (χ4n) is 2.53. The van der Waals surface area contributed by atoms with Gasteiger partial charge < -0.3 is 5.32 Å². The highest BCUT2D eigenvalue weighted by Crippen LogP contribution is 2.39. The third-order valence-electron chi connectivity index (χ3n) is 4.53. The molecular formula is C15H28N2O. The molecule has 18 heavy (non-hydrogen) atoms. The van der Waals surface area contributed by atoms with Gasteiger partial charge in [-0.2, -0.15) is 0 Å². The molecule has 1 N–H and O–H groups in total. The first-order chi connectivity index (χ1) is 8.43. The molecule has 0 bridgehead atoms. The number of nitrogens with one attached hydrogen (secondary N) is 1. The zero-order valence-electron chi connectivity index (χ0n) is 12.3. The normalized spacial score (nSPS) is 22.1. The second kappa shape index (κ2) is 5.20. The van der Waals surface area contributed by atoms with Crippen LogP contribution < -0.4 is 5.32 Å². The maximum atomic E-state index is 12.2. The Morgan fingerprint density at radius 1 is 1.33 bits per heavy atom. The van der Waals surface area contributed by atoms with Crippen LogP contribution in [0.3, 0.4) is 0 Å². The number of rotatable bonds is 7. The molecule has 1 atom stereocenters. The monoisotopic (exact) mass is 252 g/mol. The van der Waals surface area contributed by atoms with Crippen LogP contribution >= 0.6 is 0 Å². The van der Waals surface area contributed by atoms with E-state index in [1.54, 1.807) is 0 Å². The van der Waals surface area contributed by atoms with Crippen LogP contribution in [0.15, 0.2) is 0 Å². The smallest absolute Gasteiger partial charge is 0.234 e. The van der Waals surface area contributed by atoms with E-state index in [1.165, 1.54) is 25.7 Å². The van der Waals surface area contributed by atoms with Crippen LogP contribution in [0.4, 0.5) is 0 Å². The lowest BCUT2D eigenvalue weighted by molar-refractivity contribution is -0.124. The van der Waals surface area contributed by atoms with Crippen molar-refractivity contribution in [3.63, 3.8) is 0 Å². The second-order valence-electron chi connectivity index (χ2n) is 6.77. The predicted octanol–water partition coefficient (Wildman–Crippen LogP) is 2.55. The highest BCUT2D eigenvalue weighted by molar-refractivity contribution is 5.78. The van der Waals surface area contributed by atoms with Crippen molar-refractivity contribution in [2.75, 3.05) is 6.54 Å². The van der Waals surface area contributed by atoms with E-state index in [1.807, 2.05) is 0 Å². The van der Waals surface area contributed by atoms with Crippen molar-refractivity contribution < 1.29 is 4.79 Å². The molecule has 0 aromatic carbocycles. The van der Waals surface area contributed by atoms with Crippen LogP contribution in [0.25, 0.3) is 0 Å². The number of amides is 1. The number of hydrogen-bond acceptors (Lipinski definition) is 2. The SMILES string of the molecule is CCC(C)(C)NC(=O)CN(C1CC1)C(C)C1CC1. The zero-order valence-corrected chi connectivity index (χ0v) is 12.3. The van der Waals surface area contributed by atoms with Crippen LogP contribution in [0.2, 0.25) is 0 Å². The molecule has 1 unspecified atom stereocenters. The van der Waals surface area contributed by atoms with Gasteiger partial charge in [0.15, 0.2) is 0 Å². The van der Waals surface area contributed by atoms with Gasteiger partial charge >= 0.3 is 0 Å². The lowest BCUT2D eigenvalue weighted by Gasteiger charge is -2.31. The average Bonchev–Trinajstić information content (AvgIpc) is 3.17. The average molecular weight is 252 g/mol. The molecule has 2 saturated carbocycles. The van der Waals surface area contributed by atoms with E-state index in [4.69, 9.17) is 0 Å². The summed E-state index contributed by atoms with van der Waals surface area (Å²) in [6.07, 6.45) is 6.24. The zero-order chi connectivity index (χ0) is 13.3. The Labute approximate surface area is 111 Å². The topological polar surface area (TPSA) is 32.3 Å². The molecule has 3 nitrogen and oxygen atoms in total. The van der Waals surface area contributed by atoms with Crippen LogP contribution in [-0.4, -0.2) is 35.0 Å². The molecule has 2 fully saturated rings. The summed E-state index contributed by atoms with van der Waals surface area (Å²) in [5.41, 5.74) is -0.0743. The summed E-state index contributed by atoms with van der Waals surface area (Å²) >= 11 is 0. The Morgan fingerprint density at radius 2 is 1.94 bits per heavy atom. The Morgan fingerprint density at radius 3 is 2.39 bits per heavy atom. The van der Waals surface area contributed by atoms with Gasteiger partial charge in [0.25, 0.3) is 0 Å². The van der Waals surface area contributed by atoms with Crippen molar-refractivity contribution in [2.45, 2.75) is 77.4 Å². The van der Waals surface area contributed by atoms with Crippen molar-refractivity contribution in [1.82, 2.24) is 10.2 Å². The highest BCUT2D eigenvalue weighted by atomic mass is 16.2. The minimum atomic E-state index is -0.0743. The largest absolute Gasteiger partial charge is 0.350 e. The first-order valence-electron chi connectivity index (χ1n) is 7.49. The van der Waals surface area contributed by atoms with Crippen LogP contribution in [0, 0.1) is 5.92 Å². The Balaban J connectivity index is 1.86. The van der Waals surface area contributed by atoms with E-state index in [0.717, 1.165) is 12.3 Å². The van der Waals surface area contributed by atoms with Crippen molar-refractivity contribution in [1.29, 1.82) is 0 Å². The maximum absolute atomic E-state index is 12.2. The molecule has 0 heterocycles. The molecule has 3 heteroatoms.